The highest BCUT2D eigenvalue weighted by molar-refractivity contribution is 5.79. The minimum absolute atomic E-state index is 0.105. The molecule has 0 saturated heterocycles. The first kappa shape index (κ1) is 16.0. The monoisotopic (exact) mass is 343 g/mol. The molecular formula is C18H21N3O4. The molecule has 7 heteroatoms. The lowest BCUT2D eigenvalue weighted by atomic mass is 10.1. The second-order valence-corrected chi connectivity index (χ2v) is 6.34. The van der Waals surface area contributed by atoms with Crippen molar-refractivity contribution in [3.63, 3.8) is 0 Å². The van der Waals surface area contributed by atoms with Crippen molar-refractivity contribution in [1.82, 2.24) is 14.7 Å². The zero-order chi connectivity index (χ0) is 17.2. The van der Waals surface area contributed by atoms with E-state index in [0.717, 1.165) is 23.4 Å². The molecular weight excluding hydrogens is 322 g/mol. The van der Waals surface area contributed by atoms with Crippen molar-refractivity contribution in [3.05, 3.63) is 41.7 Å². The number of hydrogen-bond donors (Lipinski definition) is 0. The number of carbonyl (C=O) groups excluding carboxylic acids is 1. The number of aromatic nitrogens is 2. The van der Waals surface area contributed by atoms with E-state index in [1.165, 1.54) is 0 Å². The summed E-state index contributed by atoms with van der Waals surface area (Å²) in [7, 11) is 1.69. The lowest BCUT2D eigenvalue weighted by molar-refractivity contribution is -0.132. The average molecular weight is 343 g/mol. The summed E-state index contributed by atoms with van der Waals surface area (Å²) in [6.45, 7) is 2.13. The van der Waals surface area contributed by atoms with E-state index < -0.39 is 0 Å². The second kappa shape index (κ2) is 6.76. The van der Waals surface area contributed by atoms with E-state index in [1.807, 2.05) is 33.8 Å². The molecule has 0 radical (unpaired) electrons. The number of nitrogens with zero attached hydrogens (tertiary/aromatic N) is 3. The molecule has 2 aliphatic rings. The Hall–Kier alpha value is -2.54. The van der Waals surface area contributed by atoms with Crippen LogP contribution in [-0.2, 0) is 22.5 Å². The molecule has 0 bridgehead atoms. The van der Waals surface area contributed by atoms with E-state index in [4.69, 9.17) is 14.2 Å². The molecule has 0 N–H and O–H groups in total. The van der Waals surface area contributed by atoms with Gasteiger partial charge in [-0.05, 0) is 30.2 Å². The number of methoxy groups -OCH3 is 1. The fourth-order valence-corrected chi connectivity index (χ4v) is 3.38. The van der Waals surface area contributed by atoms with E-state index in [1.54, 1.807) is 13.3 Å². The van der Waals surface area contributed by atoms with Gasteiger partial charge < -0.3 is 19.1 Å². The Balaban J connectivity index is 1.47. The van der Waals surface area contributed by atoms with Crippen molar-refractivity contribution in [1.29, 1.82) is 0 Å². The molecule has 3 heterocycles. The van der Waals surface area contributed by atoms with Crippen LogP contribution in [0.4, 0.5) is 0 Å². The van der Waals surface area contributed by atoms with Gasteiger partial charge in [-0.15, -0.1) is 0 Å². The van der Waals surface area contributed by atoms with E-state index in [0.29, 0.717) is 31.9 Å². The fraction of sp³-hybridized carbons (Fsp3) is 0.444. The summed E-state index contributed by atoms with van der Waals surface area (Å²) in [6.07, 6.45) is 2.97. The standard InChI is InChI=1S/C18H21N3O4/c1-23-7-5-15-11-20(10-14-4-6-19-21(14)15)18(22)9-13-2-3-16-17(8-13)25-12-24-16/h2-4,6,8,15H,5,7,9-12H2,1H3/t15-/m0/s1. The van der Waals surface area contributed by atoms with Gasteiger partial charge in [0, 0.05) is 26.5 Å². The smallest absolute Gasteiger partial charge is 0.231 e. The van der Waals surface area contributed by atoms with Crippen molar-refractivity contribution < 1.29 is 19.0 Å². The molecule has 0 aliphatic carbocycles. The Morgan fingerprint density at radius 2 is 2.20 bits per heavy atom. The van der Waals surface area contributed by atoms with Crippen LogP contribution in [-0.4, -0.2) is 47.6 Å². The summed E-state index contributed by atoms with van der Waals surface area (Å²) in [5.74, 6) is 1.55. The molecule has 0 spiro atoms. The molecule has 4 rings (SSSR count). The van der Waals surface area contributed by atoms with Gasteiger partial charge in [0.05, 0.1) is 24.7 Å². The Morgan fingerprint density at radius 1 is 1.32 bits per heavy atom. The largest absolute Gasteiger partial charge is 0.454 e. The van der Waals surface area contributed by atoms with Crippen LogP contribution in [0, 0.1) is 0 Å². The van der Waals surface area contributed by atoms with E-state index in [9.17, 15) is 4.79 Å². The Labute approximate surface area is 146 Å². The number of hydrogen-bond acceptors (Lipinski definition) is 5. The first-order valence-corrected chi connectivity index (χ1v) is 8.42. The third-order valence-corrected chi connectivity index (χ3v) is 4.68. The van der Waals surface area contributed by atoms with Gasteiger partial charge in [-0.25, -0.2) is 0 Å². The molecule has 1 amide bonds. The van der Waals surface area contributed by atoms with Crippen molar-refractivity contribution in [2.75, 3.05) is 27.1 Å². The number of fused-ring (bicyclic) bond motifs is 2. The van der Waals surface area contributed by atoms with Crippen LogP contribution in [0.15, 0.2) is 30.5 Å². The molecule has 1 aromatic carbocycles. The van der Waals surface area contributed by atoms with Gasteiger partial charge in [-0.1, -0.05) is 6.07 Å². The average Bonchev–Trinajstić information content (AvgIpc) is 3.27. The van der Waals surface area contributed by atoms with Crippen LogP contribution >= 0.6 is 0 Å². The van der Waals surface area contributed by atoms with Crippen molar-refractivity contribution in [2.24, 2.45) is 0 Å². The summed E-state index contributed by atoms with van der Waals surface area (Å²) in [6, 6.07) is 7.79. The van der Waals surface area contributed by atoms with Crippen LogP contribution < -0.4 is 9.47 Å². The lowest BCUT2D eigenvalue weighted by Crippen LogP contribution is -2.42. The van der Waals surface area contributed by atoms with Crippen molar-refractivity contribution >= 4 is 5.91 Å². The van der Waals surface area contributed by atoms with Crippen LogP contribution in [0.25, 0.3) is 0 Å². The molecule has 0 fully saturated rings. The maximum atomic E-state index is 12.8. The Morgan fingerprint density at radius 3 is 3.08 bits per heavy atom. The highest BCUT2D eigenvalue weighted by atomic mass is 16.7. The van der Waals surface area contributed by atoms with E-state index in [-0.39, 0.29) is 18.7 Å². The van der Waals surface area contributed by atoms with Gasteiger partial charge in [0.15, 0.2) is 11.5 Å². The summed E-state index contributed by atoms with van der Waals surface area (Å²) in [4.78, 5) is 14.7. The molecule has 7 nitrogen and oxygen atoms in total. The van der Waals surface area contributed by atoms with Gasteiger partial charge in [0.2, 0.25) is 12.7 Å². The Kier molecular flexibility index (Phi) is 4.31. The quantitative estimate of drug-likeness (QED) is 0.828. The topological polar surface area (TPSA) is 65.8 Å². The molecule has 132 valence electrons. The predicted octanol–water partition coefficient (Wildman–Crippen LogP) is 1.77. The van der Waals surface area contributed by atoms with Crippen LogP contribution in [0.3, 0.4) is 0 Å². The molecule has 1 aromatic heterocycles. The van der Waals surface area contributed by atoms with Crippen LogP contribution in [0.2, 0.25) is 0 Å². The zero-order valence-electron chi connectivity index (χ0n) is 14.2. The Bertz CT molecular complexity index is 773. The predicted molar refractivity (Wildman–Crippen MR) is 89.4 cm³/mol. The molecule has 0 unspecified atom stereocenters. The highest BCUT2D eigenvalue weighted by Gasteiger charge is 2.28. The first-order chi connectivity index (χ1) is 12.2. The number of benzene rings is 1. The zero-order valence-corrected chi connectivity index (χ0v) is 14.2. The molecule has 25 heavy (non-hydrogen) atoms. The fourth-order valence-electron chi connectivity index (χ4n) is 3.38. The number of carbonyl (C=O) groups is 1. The number of ether oxygens (including phenoxy) is 3. The van der Waals surface area contributed by atoms with E-state index >= 15 is 0 Å². The van der Waals surface area contributed by atoms with Gasteiger partial charge in [0.1, 0.15) is 0 Å². The van der Waals surface area contributed by atoms with Gasteiger partial charge in [0.25, 0.3) is 0 Å². The summed E-state index contributed by atoms with van der Waals surface area (Å²) >= 11 is 0. The second-order valence-electron chi connectivity index (χ2n) is 6.34. The molecule has 0 saturated carbocycles. The minimum Gasteiger partial charge on any atom is -0.454 e. The van der Waals surface area contributed by atoms with Crippen molar-refractivity contribution in [3.8, 4) is 11.5 Å². The molecule has 2 aliphatic heterocycles. The van der Waals surface area contributed by atoms with Gasteiger partial charge in [-0.2, -0.15) is 5.10 Å². The van der Waals surface area contributed by atoms with Crippen LogP contribution in [0.5, 0.6) is 11.5 Å². The molecule has 2 aromatic rings. The molecule has 1 atom stereocenters. The first-order valence-electron chi connectivity index (χ1n) is 8.42. The van der Waals surface area contributed by atoms with E-state index in [2.05, 4.69) is 5.10 Å². The normalized spacial score (nSPS) is 18.3. The maximum absolute atomic E-state index is 12.8. The SMILES string of the molecule is COCC[C@H]1CN(C(=O)Cc2ccc3c(c2)OCO3)Cc2ccnn21. The number of rotatable bonds is 5. The third kappa shape index (κ3) is 3.19. The summed E-state index contributed by atoms with van der Waals surface area (Å²) < 4.78 is 17.9. The lowest BCUT2D eigenvalue weighted by Gasteiger charge is -2.34. The van der Waals surface area contributed by atoms with Crippen LogP contribution in [0.1, 0.15) is 23.7 Å². The van der Waals surface area contributed by atoms with Gasteiger partial charge >= 0.3 is 0 Å². The third-order valence-electron chi connectivity index (χ3n) is 4.68. The highest BCUT2D eigenvalue weighted by Crippen LogP contribution is 2.33. The summed E-state index contributed by atoms with van der Waals surface area (Å²) in [5, 5.41) is 4.40. The minimum atomic E-state index is 0.105. The van der Waals surface area contributed by atoms with Crippen molar-refractivity contribution in [2.45, 2.75) is 25.4 Å². The van der Waals surface area contributed by atoms with Gasteiger partial charge in [-0.3, -0.25) is 9.48 Å². The summed E-state index contributed by atoms with van der Waals surface area (Å²) in [5.41, 5.74) is 1.99. The maximum Gasteiger partial charge on any atom is 0.231 e. The number of amides is 1.